The fourth-order valence-electron chi connectivity index (χ4n) is 1.83. The molecule has 3 rings (SSSR count). The van der Waals surface area contributed by atoms with Crippen molar-refractivity contribution in [3.05, 3.63) is 58.0 Å². The predicted molar refractivity (Wildman–Crippen MR) is 66.7 cm³/mol. The number of H-pyrrole nitrogens is 1. The quantitative estimate of drug-likeness (QED) is 0.733. The van der Waals surface area contributed by atoms with Crippen LogP contribution in [0.4, 0.5) is 4.39 Å². The Bertz CT molecular complexity index is 776. The van der Waals surface area contributed by atoms with Crippen LogP contribution < -0.4 is 5.56 Å². The van der Waals surface area contributed by atoms with Crippen LogP contribution in [0.3, 0.4) is 0 Å². The fraction of sp³-hybridized carbons (Fsp3) is 0. The molecule has 0 amide bonds. The van der Waals surface area contributed by atoms with Gasteiger partial charge in [-0.3, -0.25) is 9.36 Å². The van der Waals surface area contributed by atoms with Crippen LogP contribution in [-0.4, -0.2) is 14.5 Å². The van der Waals surface area contributed by atoms with E-state index in [0.29, 0.717) is 21.9 Å². The summed E-state index contributed by atoms with van der Waals surface area (Å²) in [6.07, 6.45) is 1.31. The summed E-state index contributed by atoms with van der Waals surface area (Å²) >= 11 is 6.09. The van der Waals surface area contributed by atoms with E-state index in [1.54, 1.807) is 16.7 Å². The molecule has 0 aliphatic rings. The van der Waals surface area contributed by atoms with Gasteiger partial charge >= 0.3 is 0 Å². The first-order chi connectivity index (χ1) is 8.66. The Morgan fingerprint density at radius 1 is 1.28 bits per heavy atom. The van der Waals surface area contributed by atoms with E-state index in [-0.39, 0.29) is 11.4 Å². The highest BCUT2D eigenvalue weighted by atomic mass is 35.5. The third kappa shape index (κ3) is 1.60. The number of halogens is 2. The van der Waals surface area contributed by atoms with Crippen molar-refractivity contribution in [2.75, 3.05) is 0 Å². The van der Waals surface area contributed by atoms with Gasteiger partial charge in [0.2, 0.25) is 0 Å². The van der Waals surface area contributed by atoms with Gasteiger partial charge < -0.3 is 4.98 Å². The molecule has 3 aromatic rings. The first-order valence-electron chi connectivity index (χ1n) is 5.17. The van der Waals surface area contributed by atoms with Crippen molar-refractivity contribution < 1.29 is 4.39 Å². The number of rotatable bonds is 1. The highest BCUT2D eigenvalue weighted by Crippen LogP contribution is 2.24. The second kappa shape index (κ2) is 3.96. The summed E-state index contributed by atoms with van der Waals surface area (Å²) in [6, 6.07) is 7.33. The van der Waals surface area contributed by atoms with Crippen LogP contribution in [0, 0.1) is 5.82 Å². The van der Waals surface area contributed by atoms with Gasteiger partial charge in [0.25, 0.3) is 5.56 Å². The van der Waals surface area contributed by atoms with E-state index in [9.17, 15) is 9.18 Å². The molecule has 0 saturated carbocycles. The summed E-state index contributed by atoms with van der Waals surface area (Å²) in [5, 5.41) is 0.743. The Hall–Kier alpha value is -2.14. The first-order valence-corrected chi connectivity index (χ1v) is 5.55. The van der Waals surface area contributed by atoms with Gasteiger partial charge in [0.05, 0.1) is 11.7 Å². The summed E-state index contributed by atoms with van der Waals surface area (Å²) in [4.78, 5) is 18.2. The zero-order valence-corrected chi connectivity index (χ0v) is 9.78. The molecule has 0 aliphatic carbocycles. The second-order valence-corrected chi connectivity index (χ2v) is 4.14. The molecule has 0 saturated heterocycles. The largest absolute Gasteiger partial charge is 0.313 e. The maximum absolute atomic E-state index is 12.9. The first kappa shape index (κ1) is 11.0. The molecule has 90 valence electrons. The van der Waals surface area contributed by atoms with Crippen molar-refractivity contribution in [3.8, 4) is 5.69 Å². The topological polar surface area (TPSA) is 50.7 Å². The number of benzene rings is 1. The van der Waals surface area contributed by atoms with Crippen molar-refractivity contribution in [1.29, 1.82) is 0 Å². The molecule has 0 bridgehead atoms. The van der Waals surface area contributed by atoms with Gasteiger partial charge in [-0.25, -0.2) is 9.37 Å². The molecule has 4 nitrogen and oxygen atoms in total. The van der Waals surface area contributed by atoms with Crippen LogP contribution in [0.1, 0.15) is 0 Å². The molecule has 0 radical (unpaired) electrons. The number of fused-ring (bicyclic) bond motifs is 1. The molecular weight excluding hydrogens is 257 g/mol. The Balaban J connectivity index is 2.35. The maximum atomic E-state index is 12.9. The van der Waals surface area contributed by atoms with Gasteiger partial charge in [0.1, 0.15) is 11.0 Å². The van der Waals surface area contributed by atoms with Gasteiger partial charge in [-0.15, -0.1) is 0 Å². The lowest BCUT2D eigenvalue weighted by Crippen LogP contribution is -2.06. The molecule has 18 heavy (non-hydrogen) atoms. The van der Waals surface area contributed by atoms with Crippen LogP contribution >= 0.6 is 11.6 Å². The zero-order chi connectivity index (χ0) is 12.7. The number of nitrogens with zero attached hydrogens (tertiary/aromatic N) is 2. The molecule has 0 fully saturated rings. The van der Waals surface area contributed by atoms with Gasteiger partial charge in [-0.1, -0.05) is 11.6 Å². The number of hydrogen-bond acceptors (Lipinski definition) is 2. The van der Waals surface area contributed by atoms with E-state index in [0.717, 1.165) is 0 Å². The average molecular weight is 264 g/mol. The van der Waals surface area contributed by atoms with Crippen LogP contribution in [-0.2, 0) is 0 Å². The predicted octanol–water partition coefficient (Wildman–Crippen LogP) is 2.51. The van der Waals surface area contributed by atoms with Crippen molar-refractivity contribution >= 4 is 22.6 Å². The molecule has 2 aromatic heterocycles. The lowest BCUT2D eigenvalue weighted by Gasteiger charge is -2.05. The Labute approximate surface area is 106 Å². The fourth-order valence-corrected chi connectivity index (χ4v) is 2.12. The Morgan fingerprint density at radius 2 is 2.00 bits per heavy atom. The van der Waals surface area contributed by atoms with Crippen molar-refractivity contribution in [1.82, 2.24) is 14.5 Å². The number of aromatic nitrogens is 3. The minimum absolute atomic E-state index is 0.261. The molecule has 6 heteroatoms. The summed E-state index contributed by atoms with van der Waals surface area (Å²) in [5.41, 5.74) is 0.826. The van der Waals surface area contributed by atoms with Crippen molar-refractivity contribution in [2.45, 2.75) is 0 Å². The maximum Gasteiger partial charge on any atom is 0.260 e. The average Bonchev–Trinajstić information content (AvgIpc) is 2.69. The van der Waals surface area contributed by atoms with E-state index >= 15 is 0 Å². The van der Waals surface area contributed by atoms with Crippen molar-refractivity contribution in [3.63, 3.8) is 0 Å². The second-order valence-electron chi connectivity index (χ2n) is 3.75. The van der Waals surface area contributed by atoms with Crippen molar-refractivity contribution in [2.24, 2.45) is 0 Å². The summed E-state index contributed by atoms with van der Waals surface area (Å²) in [5.74, 6) is -0.336. The number of aromatic amines is 1. The number of nitrogens with one attached hydrogen (secondary N) is 1. The minimum atomic E-state index is -0.336. The van der Waals surface area contributed by atoms with E-state index in [2.05, 4.69) is 9.97 Å². The number of hydrogen-bond donors (Lipinski definition) is 1. The molecule has 2 heterocycles. The summed E-state index contributed by atoms with van der Waals surface area (Å²) in [6.45, 7) is 0. The lowest BCUT2D eigenvalue weighted by molar-refractivity contribution is 0.627. The molecule has 0 spiro atoms. The zero-order valence-electron chi connectivity index (χ0n) is 9.02. The van der Waals surface area contributed by atoms with Gasteiger partial charge in [0, 0.05) is 5.69 Å². The molecule has 0 unspecified atom stereocenters. The third-order valence-electron chi connectivity index (χ3n) is 2.64. The smallest absolute Gasteiger partial charge is 0.260 e. The minimum Gasteiger partial charge on any atom is -0.313 e. The molecule has 1 N–H and O–H groups in total. The van der Waals surface area contributed by atoms with Crippen LogP contribution in [0.5, 0.6) is 0 Å². The highest BCUT2D eigenvalue weighted by molar-refractivity contribution is 6.31. The SMILES string of the molecule is O=c1[nH]cnc2c1cc(Cl)n2-c1ccc(F)cc1. The Kier molecular flexibility index (Phi) is 2.41. The molecule has 0 atom stereocenters. The normalized spacial score (nSPS) is 11.0. The van der Waals surface area contributed by atoms with Crippen LogP contribution in [0.25, 0.3) is 16.7 Å². The molecule has 1 aromatic carbocycles. The monoisotopic (exact) mass is 263 g/mol. The standard InChI is InChI=1S/C12H7ClFN3O/c13-10-5-9-11(15-6-16-12(9)18)17(10)8-3-1-7(14)2-4-8/h1-6H,(H,15,16,18). The molecule has 0 aliphatic heterocycles. The summed E-state index contributed by atoms with van der Waals surface area (Å²) in [7, 11) is 0. The van der Waals surface area contributed by atoms with Crippen LogP contribution in [0.15, 0.2) is 41.5 Å². The third-order valence-corrected chi connectivity index (χ3v) is 2.92. The molecular formula is C12H7ClFN3O. The van der Waals surface area contributed by atoms with Gasteiger partial charge in [-0.2, -0.15) is 0 Å². The highest BCUT2D eigenvalue weighted by Gasteiger charge is 2.12. The Morgan fingerprint density at radius 3 is 2.72 bits per heavy atom. The van der Waals surface area contributed by atoms with E-state index in [1.165, 1.54) is 24.5 Å². The van der Waals surface area contributed by atoms with Gasteiger partial charge in [0.15, 0.2) is 5.65 Å². The van der Waals surface area contributed by atoms with E-state index in [4.69, 9.17) is 11.6 Å². The van der Waals surface area contributed by atoms with E-state index in [1.807, 2.05) is 0 Å². The summed E-state index contributed by atoms with van der Waals surface area (Å²) < 4.78 is 14.5. The lowest BCUT2D eigenvalue weighted by atomic mass is 10.3. The van der Waals surface area contributed by atoms with E-state index < -0.39 is 0 Å². The van der Waals surface area contributed by atoms with Gasteiger partial charge in [-0.05, 0) is 30.3 Å². The van der Waals surface area contributed by atoms with Crippen LogP contribution in [0.2, 0.25) is 5.15 Å².